The third-order valence-corrected chi connectivity index (χ3v) is 5.08. The first-order chi connectivity index (χ1) is 14.1. The Hall–Kier alpha value is -3.42. The van der Waals surface area contributed by atoms with Crippen LogP contribution < -0.4 is 10.2 Å². The summed E-state index contributed by atoms with van der Waals surface area (Å²) >= 11 is 0. The number of nitrogens with zero attached hydrogens (tertiary/aromatic N) is 6. The van der Waals surface area contributed by atoms with Gasteiger partial charge in [-0.1, -0.05) is 19.1 Å². The van der Waals surface area contributed by atoms with Crippen LogP contribution in [-0.4, -0.2) is 56.6 Å². The first-order valence-corrected chi connectivity index (χ1v) is 9.86. The van der Waals surface area contributed by atoms with Crippen molar-refractivity contribution in [3.05, 3.63) is 60.4 Å². The van der Waals surface area contributed by atoms with Gasteiger partial charge in [-0.05, 0) is 31.0 Å². The highest BCUT2D eigenvalue weighted by Gasteiger charge is 2.22. The molecule has 1 aliphatic heterocycles. The second kappa shape index (κ2) is 8.30. The summed E-state index contributed by atoms with van der Waals surface area (Å²) in [6.45, 7) is 6.73. The summed E-state index contributed by atoms with van der Waals surface area (Å²) in [5, 5.41) is 2.99. The second-order valence-corrected chi connectivity index (χ2v) is 7.06. The number of anilines is 2. The number of carbonyl (C=O) groups excluding carboxylic acids is 1. The van der Waals surface area contributed by atoms with E-state index in [2.05, 4.69) is 32.1 Å². The van der Waals surface area contributed by atoms with Gasteiger partial charge in [0.25, 0.3) is 0 Å². The Bertz CT molecular complexity index is 961. The number of benzene rings is 1. The number of piperazine rings is 1. The molecule has 0 saturated carbocycles. The van der Waals surface area contributed by atoms with Crippen LogP contribution in [0.2, 0.25) is 0 Å². The van der Waals surface area contributed by atoms with E-state index in [-0.39, 0.29) is 6.03 Å². The molecule has 0 unspecified atom stereocenters. The summed E-state index contributed by atoms with van der Waals surface area (Å²) in [6.07, 6.45) is 6.30. The van der Waals surface area contributed by atoms with Crippen LogP contribution >= 0.6 is 0 Å². The SMILES string of the molecule is CCc1ccc(NC(=O)N2CCN(c3cc(-n4ccnc4)nc(C)n3)CC2)cc1. The van der Waals surface area contributed by atoms with Gasteiger partial charge in [-0.2, -0.15) is 0 Å². The third-order valence-electron chi connectivity index (χ3n) is 5.08. The number of hydrogen-bond donors (Lipinski definition) is 1. The van der Waals surface area contributed by atoms with Gasteiger partial charge in [-0.15, -0.1) is 0 Å². The zero-order chi connectivity index (χ0) is 20.2. The molecule has 3 aromatic rings. The van der Waals surface area contributed by atoms with E-state index >= 15 is 0 Å². The molecule has 8 heteroatoms. The number of hydrogen-bond acceptors (Lipinski definition) is 5. The summed E-state index contributed by atoms with van der Waals surface area (Å²) in [6, 6.07) is 9.89. The number of amides is 2. The lowest BCUT2D eigenvalue weighted by atomic mass is 10.1. The van der Waals surface area contributed by atoms with E-state index in [1.165, 1.54) is 5.56 Å². The van der Waals surface area contributed by atoms with E-state index in [1.807, 2.05) is 52.9 Å². The Kier molecular flexibility index (Phi) is 5.41. The number of aryl methyl sites for hydroxylation is 2. The maximum Gasteiger partial charge on any atom is 0.321 e. The van der Waals surface area contributed by atoms with Crippen LogP contribution in [0.4, 0.5) is 16.3 Å². The summed E-state index contributed by atoms with van der Waals surface area (Å²) in [5.74, 6) is 2.37. The summed E-state index contributed by atoms with van der Waals surface area (Å²) in [4.78, 5) is 29.8. The normalized spacial score (nSPS) is 14.1. The van der Waals surface area contributed by atoms with Crippen LogP contribution in [0.25, 0.3) is 5.82 Å². The van der Waals surface area contributed by atoms with Gasteiger partial charge in [0.1, 0.15) is 23.8 Å². The number of aromatic nitrogens is 4. The van der Waals surface area contributed by atoms with Crippen LogP contribution in [0, 0.1) is 6.92 Å². The Balaban J connectivity index is 1.38. The Morgan fingerprint density at radius 3 is 2.45 bits per heavy atom. The smallest absolute Gasteiger partial charge is 0.321 e. The van der Waals surface area contributed by atoms with Gasteiger partial charge in [-0.3, -0.25) is 4.57 Å². The third kappa shape index (κ3) is 4.37. The largest absolute Gasteiger partial charge is 0.353 e. The van der Waals surface area contributed by atoms with Crippen molar-refractivity contribution >= 4 is 17.5 Å². The number of carbonyl (C=O) groups is 1. The average Bonchev–Trinajstić information content (AvgIpc) is 3.29. The van der Waals surface area contributed by atoms with E-state index in [9.17, 15) is 4.79 Å². The molecule has 1 saturated heterocycles. The number of imidazole rings is 1. The second-order valence-electron chi connectivity index (χ2n) is 7.06. The van der Waals surface area contributed by atoms with Crippen molar-refractivity contribution in [2.45, 2.75) is 20.3 Å². The van der Waals surface area contributed by atoms with Gasteiger partial charge in [-0.25, -0.2) is 19.7 Å². The fourth-order valence-corrected chi connectivity index (χ4v) is 3.39. The molecule has 2 aromatic heterocycles. The molecule has 1 aromatic carbocycles. The average molecular weight is 391 g/mol. The molecule has 8 nitrogen and oxygen atoms in total. The predicted molar refractivity (Wildman–Crippen MR) is 113 cm³/mol. The van der Waals surface area contributed by atoms with Gasteiger partial charge < -0.3 is 15.1 Å². The summed E-state index contributed by atoms with van der Waals surface area (Å²) < 4.78 is 1.87. The zero-order valence-electron chi connectivity index (χ0n) is 16.7. The molecular formula is C21H25N7O. The first kappa shape index (κ1) is 18.9. The lowest BCUT2D eigenvalue weighted by molar-refractivity contribution is 0.208. The molecule has 0 atom stereocenters. The molecule has 1 fully saturated rings. The molecule has 4 rings (SSSR count). The lowest BCUT2D eigenvalue weighted by Gasteiger charge is -2.35. The Morgan fingerprint density at radius 2 is 1.79 bits per heavy atom. The number of urea groups is 1. The predicted octanol–water partition coefficient (Wildman–Crippen LogP) is 2.89. The maximum atomic E-state index is 12.6. The van der Waals surface area contributed by atoms with Crippen LogP contribution in [0.1, 0.15) is 18.3 Å². The van der Waals surface area contributed by atoms with Crippen LogP contribution in [0.5, 0.6) is 0 Å². The molecule has 1 N–H and O–H groups in total. The molecular weight excluding hydrogens is 366 g/mol. The lowest BCUT2D eigenvalue weighted by Crippen LogP contribution is -2.50. The maximum absolute atomic E-state index is 12.6. The molecule has 29 heavy (non-hydrogen) atoms. The van der Waals surface area contributed by atoms with Crippen molar-refractivity contribution < 1.29 is 4.79 Å². The zero-order valence-corrected chi connectivity index (χ0v) is 16.7. The fraction of sp³-hybridized carbons (Fsp3) is 0.333. The Morgan fingerprint density at radius 1 is 1.07 bits per heavy atom. The quantitative estimate of drug-likeness (QED) is 0.740. The topological polar surface area (TPSA) is 79.2 Å². The molecule has 0 radical (unpaired) electrons. The van der Waals surface area contributed by atoms with Crippen LogP contribution in [0.15, 0.2) is 49.1 Å². The minimum absolute atomic E-state index is 0.0631. The molecule has 150 valence electrons. The Labute approximate surface area is 170 Å². The van der Waals surface area contributed by atoms with E-state index in [1.54, 1.807) is 12.5 Å². The van der Waals surface area contributed by atoms with Gasteiger partial charge in [0.05, 0.1) is 0 Å². The summed E-state index contributed by atoms with van der Waals surface area (Å²) in [5.41, 5.74) is 2.08. The number of rotatable bonds is 4. The van der Waals surface area contributed by atoms with Gasteiger partial charge in [0.15, 0.2) is 0 Å². The number of nitrogens with one attached hydrogen (secondary N) is 1. The van der Waals surface area contributed by atoms with E-state index in [4.69, 9.17) is 0 Å². The van der Waals surface area contributed by atoms with E-state index in [0.29, 0.717) is 18.9 Å². The molecule has 3 heterocycles. The highest BCUT2D eigenvalue weighted by Crippen LogP contribution is 2.18. The van der Waals surface area contributed by atoms with Crippen molar-refractivity contribution in [2.24, 2.45) is 0 Å². The molecule has 2 amide bonds. The van der Waals surface area contributed by atoms with Gasteiger partial charge in [0.2, 0.25) is 0 Å². The van der Waals surface area contributed by atoms with Crippen LogP contribution in [0.3, 0.4) is 0 Å². The van der Waals surface area contributed by atoms with Crippen molar-refractivity contribution in [3.63, 3.8) is 0 Å². The van der Waals surface area contributed by atoms with Crippen molar-refractivity contribution in [2.75, 3.05) is 36.4 Å². The molecule has 0 spiro atoms. The van der Waals surface area contributed by atoms with Crippen molar-refractivity contribution in [1.82, 2.24) is 24.4 Å². The monoisotopic (exact) mass is 391 g/mol. The first-order valence-electron chi connectivity index (χ1n) is 9.86. The minimum atomic E-state index is -0.0631. The van der Waals surface area contributed by atoms with Gasteiger partial charge in [0, 0.05) is 50.3 Å². The van der Waals surface area contributed by atoms with E-state index < -0.39 is 0 Å². The van der Waals surface area contributed by atoms with Gasteiger partial charge >= 0.3 is 6.03 Å². The standard InChI is InChI=1S/C21H25N7O/c1-3-17-4-6-18(7-5-17)25-21(29)27-12-10-26(11-13-27)19-14-20(24-16(2)23-19)28-9-8-22-15-28/h4-9,14-15H,3,10-13H2,1-2H3,(H,25,29). The molecule has 1 aliphatic rings. The van der Waals surface area contributed by atoms with Crippen molar-refractivity contribution in [3.8, 4) is 5.82 Å². The summed E-state index contributed by atoms with van der Waals surface area (Å²) in [7, 11) is 0. The fourth-order valence-electron chi connectivity index (χ4n) is 3.39. The minimum Gasteiger partial charge on any atom is -0.353 e. The highest BCUT2D eigenvalue weighted by molar-refractivity contribution is 5.89. The van der Waals surface area contributed by atoms with Crippen LogP contribution in [-0.2, 0) is 6.42 Å². The molecule has 0 bridgehead atoms. The van der Waals surface area contributed by atoms with E-state index in [0.717, 1.165) is 36.8 Å². The van der Waals surface area contributed by atoms with Crippen molar-refractivity contribution in [1.29, 1.82) is 0 Å². The molecule has 0 aliphatic carbocycles. The highest BCUT2D eigenvalue weighted by atomic mass is 16.2.